The summed E-state index contributed by atoms with van der Waals surface area (Å²) in [5.41, 5.74) is 0. The van der Waals surface area contributed by atoms with Gasteiger partial charge in [0.25, 0.3) is 0 Å². The van der Waals surface area contributed by atoms with Crippen molar-refractivity contribution >= 4 is 5.91 Å². The van der Waals surface area contributed by atoms with Gasteiger partial charge >= 0.3 is 0 Å². The Morgan fingerprint density at radius 3 is 0.882 bits per heavy atom. The summed E-state index contributed by atoms with van der Waals surface area (Å²) in [5.74, 6) is -0.0246. The Morgan fingerprint density at radius 1 is 0.353 bits per heavy atom. The molecular formula is C64H125NO3. The topological polar surface area (TPSA) is 69.6 Å². The fourth-order valence-electron chi connectivity index (χ4n) is 10.2. The second-order valence-corrected chi connectivity index (χ2v) is 21.8. The normalized spacial score (nSPS) is 12.8. The average Bonchev–Trinajstić information content (AvgIpc) is 3.34. The van der Waals surface area contributed by atoms with Crippen molar-refractivity contribution in [3.8, 4) is 0 Å². The van der Waals surface area contributed by atoms with Crippen LogP contribution in [0.2, 0.25) is 0 Å². The van der Waals surface area contributed by atoms with Crippen LogP contribution in [-0.4, -0.2) is 34.9 Å². The zero-order valence-electron chi connectivity index (χ0n) is 46.7. The van der Waals surface area contributed by atoms with Crippen LogP contribution < -0.4 is 5.32 Å². The van der Waals surface area contributed by atoms with E-state index < -0.39 is 12.1 Å². The van der Waals surface area contributed by atoms with Crippen LogP contribution in [0.5, 0.6) is 0 Å². The quantitative estimate of drug-likeness (QED) is 0.0420. The van der Waals surface area contributed by atoms with E-state index >= 15 is 0 Å². The monoisotopic (exact) mass is 956 g/mol. The highest BCUT2D eigenvalue weighted by atomic mass is 16.3. The molecule has 0 aliphatic rings. The maximum Gasteiger partial charge on any atom is 0.220 e. The number of hydrogen-bond acceptors (Lipinski definition) is 3. The number of amides is 1. The van der Waals surface area contributed by atoms with Crippen LogP contribution in [0.3, 0.4) is 0 Å². The lowest BCUT2D eigenvalue weighted by atomic mass is 10.0. The number of aliphatic hydroxyl groups excluding tert-OH is 2. The van der Waals surface area contributed by atoms with Gasteiger partial charge in [0.1, 0.15) is 0 Å². The van der Waals surface area contributed by atoms with Crippen molar-refractivity contribution in [2.75, 3.05) is 6.61 Å². The Morgan fingerprint density at radius 2 is 0.603 bits per heavy atom. The summed E-state index contributed by atoms with van der Waals surface area (Å²) in [6, 6.07) is -0.535. The SMILES string of the molecule is CCCCCCCCCCCCCCC/C=C\C/C=C\CCCCCCCCCCCCCCCCCCCC(=O)NC(CO)C(O)CCCCCCCCCCCCCCCCCCCCC. The first-order valence-electron chi connectivity index (χ1n) is 31.5. The molecule has 0 fully saturated rings. The lowest BCUT2D eigenvalue weighted by Crippen LogP contribution is -2.45. The molecule has 0 aromatic carbocycles. The molecule has 4 heteroatoms. The molecule has 0 aromatic heterocycles. The van der Waals surface area contributed by atoms with Crippen LogP contribution in [0.15, 0.2) is 24.3 Å². The summed E-state index contributed by atoms with van der Waals surface area (Å²) in [6.45, 7) is 4.40. The van der Waals surface area contributed by atoms with Crippen molar-refractivity contribution in [2.24, 2.45) is 0 Å². The molecule has 0 aliphatic carbocycles. The summed E-state index contributed by atoms with van der Waals surface area (Å²) < 4.78 is 0. The van der Waals surface area contributed by atoms with Gasteiger partial charge in [0.05, 0.1) is 18.8 Å². The molecule has 0 heterocycles. The van der Waals surface area contributed by atoms with Gasteiger partial charge in [0.2, 0.25) is 5.91 Å². The molecular weight excluding hydrogens is 831 g/mol. The molecule has 2 atom stereocenters. The van der Waals surface area contributed by atoms with Crippen molar-refractivity contribution in [2.45, 2.75) is 373 Å². The van der Waals surface area contributed by atoms with Gasteiger partial charge in [-0.25, -0.2) is 0 Å². The Kier molecular flexibility index (Phi) is 59.2. The Bertz CT molecular complexity index is 994. The molecule has 0 aromatic rings. The molecule has 68 heavy (non-hydrogen) atoms. The highest BCUT2D eigenvalue weighted by Gasteiger charge is 2.20. The molecule has 1 amide bonds. The number of hydrogen-bond donors (Lipinski definition) is 3. The van der Waals surface area contributed by atoms with E-state index in [2.05, 4.69) is 43.5 Å². The number of rotatable bonds is 59. The molecule has 0 rings (SSSR count). The predicted molar refractivity (Wildman–Crippen MR) is 304 cm³/mol. The maximum absolute atomic E-state index is 12.5. The van der Waals surface area contributed by atoms with Gasteiger partial charge in [0.15, 0.2) is 0 Å². The molecule has 0 bridgehead atoms. The molecule has 0 spiro atoms. The van der Waals surface area contributed by atoms with Gasteiger partial charge in [0, 0.05) is 6.42 Å². The number of carbonyl (C=O) groups excluding carboxylic acids is 1. The Hall–Kier alpha value is -1.13. The van der Waals surface area contributed by atoms with E-state index in [1.807, 2.05) is 0 Å². The molecule has 0 saturated carbocycles. The van der Waals surface area contributed by atoms with E-state index in [1.165, 1.54) is 302 Å². The van der Waals surface area contributed by atoms with E-state index in [-0.39, 0.29) is 12.5 Å². The first kappa shape index (κ1) is 66.9. The molecule has 404 valence electrons. The van der Waals surface area contributed by atoms with Gasteiger partial charge in [-0.05, 0) is 44.9 Å². The smallest absolute Gasteiger partial charge is 0.220 e. The van der Waals surface area contributed by atoms with E-state index in [4.69, 9.17) is 0 Å². The van der Waals surface area contributed by atoms with Crippen molar-refractivity contribution in [1.82, 2.24) is 5.32 Å². The zero-order valence-corrected chi connectivity index (χ0v) is 46.7. The number of unbranched alkanes of at least 4 members (excludes halogenated alkanes) is 48. The van der Waals surface area contributed by atoms with Gasteiger partial charge in [-0.2, -0.15) is 0 Å². The van der Waals surface area contributed by atoms with Crippen LogP contribution in [-0.2, 0) is 4.79 Å². The highest BCUT2D eigenvalue weighted by Crippen LogP contribution is 2.18. The number of allylic oxidation sites excluding steroid dienone is 4. The van der Waals surface area contributed by atoms with Crippen molar-refractivity contribution < 1.29 is 15.0 Å². The standard InChI is InChI=1S/C64H125NO3/c1-3-5-7-9-11-13-15-17-19-21-23-24-25-26-27-28-29-30-31-32-33-34-35-36-37-38-39-40-42-44-46-48-50-52-54-56-58-60-64(68)65-62(61-66)63(67)59-57-55-53-51-49-47-45-43-41-22-20-18-16-14-12-10-8-6-4-2/h27-28,30-31,62-63,66-67H,3-26,29,32-61H2,1-2H3,(H,65,68)/b28-27-,31-30-. The number of carbonyl (C=O) groups is 1. The minimum Gasteiger partial charge on any atom is -0.394 e. The van der Waals surface area contributed by atoms with Crippen LogP contribution in [0.25, 0.3) is 0 Å². The summed E-state index contributed by atoms with van der Waals surface area (Å²) in [4.78, 5) is 12.5. The first-order valence-corrected chi connectivity index (χ1v) is 31.5. The molecule has 0 saturated heterocycles. The first-order chi connectivity index (χ1) is 33.7. The zero-order chi connectivity index (χ0) is 49.2. The minimum absolute atomic E-state index is 0.0246. The largest absolute Gasteiger partial charge is 0.394 e. The van der Waals surface area contributed by atoms with Crippen molar-refractivity contribution in [3.05, 3.63) is 24.3 Å². The molecule has 4 nitrogen and oxygen atoms in total. The molecule has 3 N–H and O–H groups in total. The Labute approximate surface area is 428 Å². The lowest BCUT2D eigenvalue weighted by Gasteiger charge is -2.22. The molecule has 0 aliphatic heterocycles. The molecule has 0 radical (unpaired) electrons. The average molecular weight is 957 g/mol. The minimum atomic E-state index is -0.658. The van der Waals surface area contributed by atoms with Gasteiger partial charge in [-0.15, -0.1) is 0 Å². The highest BCUT2D eigenvalue weighted by molar-refractivity contribution is 5.76. The second kappa shape index (κ2) is 60.2. The summed E-state index contributed by atoms with van der Waals surface area (Å²) >= 11 is 0. The maximum atomic E-state index is 12.5. The fourth-order valence-corrected chi connectivity index (χ4v) is 10.2. The predicted octanol–water partition coefficient (Wildman–Crippen LogP) is 21.0. The fraction of sp³-hybridized carbons (Fsp3) is 0.922. The van der Waals surface area contributed by atoms with Crippen molar-refractivity contribution in [1.29, 1.82) is 0 Å². The van der Waals surface area contributed by atoms with Crippen LogP contribution in [0, 0.1) is 0 Å². The second-order valence-electron chi connectivity index (χ2n) is 21.8. The van der Waals surface area contributed by atoms with E-state index in [9.17, 15) is 15.0 Å². The summed E-state index contributed by atoms with van der Waals surface area (Å²) in [6.07, 6.45) is 80.6. The van der Waals surface area contributed by atoms with Gasteiger partial charge < -0.3 is 15.5 Å². The summed E-state index contributed by atoms with van der Waals surface area (Å²) in [7, 11) is 0. The van der Waals surface area contributed by atoms with Crippen LogP contribution in [0.4, 0.5) is 0 Å². The molecule has 2 unspecified atom stereocenters. The van der Waals surface area contributed by atoms with Gasteiger partial charge in [-0.1, -0.05) is 334 Å². The van der Waals surface area contributed by atoms with Gasteiger partial charge in [-0.3, -0.25) is 4.79 Å². The third-order valence-corrected chi connectivity index (χ3v) is 15.0. The number of aliphatic hydroxyl groups is 2. The van der Waals surface area contributed by atoms with Crippen LogP contribution in [0.1, 0.15) is 361 Å². The third-order valence-electron chi connectivity index (χ3n) is 15.0. The van der Waals surface area contributed by atoms with E-state index in [0.717, 1.165) is 32.1 Å². The van der Waals surface area contributed by atoms with Crippen LogP contribution >= 0.6 is 0 Å². The van der Waals surface area contributed by atoms with E-state index in [0.29, 0.717) is 12.8 Å². The summed E-state index contributed by atoms with van der Waals surface area (Å²) in [5, 5.41) is 23.4. The Balaban J connectivity index is 3.39. The van der Waals surface area contributed by atoms with Crippen molar-refractivity contribution in [3.63, 3.8) is 0 Å². The van der Waals surface area contributed by atoms with E-state index in [1.54, 1.807) is 0 Å². The lowest BCUT2D eigenvalue weighted by molar-refractivity contribution is -0.123. The number of nitrogens with one attached hydrogen (secondary N) is 1. The third kappa shape index (κ3) is 55.8.